The molecule has 1 saturated heterocycles. The third-order valence-corrected chi connectivity index (χ3v) is 7.61. The van der Waals surface area contributed by atoms with Crippen molar-refractivity contribution in [2.75, 3.05) is 23.8 Å². The van der Waals surface area contributed by atoms with Gasteiger partial charge in [0.05, 0.1) is 5.41 Å². The van der Waals surface area contributed by atoms with E-state index in [2.05, 4.69) is 34.9 Å². The molecule has 1 spiro atoms. The van der Waals surface area contributed by atoms with Crippen molar-refractivity contribution in [1.29, 1.82) is 0 Å². The summed E-state index contributed by atoms with van der Waals surface area (Å²) in [5.41, 5.74) is 3.23. The van der Waals surface area contributed by atoms with Crippen molar-refractivity contribution in [2.45, 2.75) is 38.5 Å². The smallest absolute Gasteiger partial charge is 0.274 e. The van der Waals surface area contributed by atoms with Gasteiger partial charge in [-0.3, -0.25) is 19.1 Å². The monoisotopic (exact) mass is 463 g/mol. The van der Waals surface area contributed by atoms with E-state index < -0.39 is 5.41 Å². The lowest BCUT2D eigenvalue weighted by atomic mass is 9.70. The molecule has 9 nitrogen and oxygen atoms in total. The van der Waals surface area contributed by atoms with E-state index in [1.54, 1.807) is 25.4 Å². The van der Waals surface area contributed by atoms with E-state index in [1.807, 2.05) is 12.1 Å². The molecule has 2 atom stereocenters. The number of fused-ring (bicyclic) bond motifs is 2. The second-order valence-electron chi connectivity index (χ2n) is 9.53. The highest BCUT2D eigenvalue weighted by Crippen LogP contribution is 2.45. The predicted molar refractivity (Wildman–Crippen MR) is 126 cm³/mol. The van der Waals surface area contributed by atoms with E-state index in [-0.39, 0.29) is 29.3 Å². The number of benzene rings is 1. The maximum Gasteiger partial charge on any atom is 0.274 e. The molecule has 9 heteroatoms. The Bertz CT molecular complexity index is 1210. The van der Waals surface area contributed by atoms with Gasteiger partial charge in [0.25, 0.3) is 11.8 Å². The molecule has 3 N–H and O–H groups in total. The highest BCUT2D eigenvalue weighted by molar-refractivity contribution is 6.10. The number of ether oxygens (including phenoxy) is 1. The van der Waals surface area contributed by atoms with E-state index in [1.165, 1.54) is 4.68 Å². The van der Waals surface area contributed by atoms with E-state index in [0.717, 1.165) is 17.6 Å². The number of rotatable bonds is 4. The maximum absolute atomic E-state index is 13.3. The highest BCUT2D eigenvalue weighted by Gasteiger charge is 2.47. The number of allylic oxidation sites excluding steroid dienone is 1. The number of anilines is 2. The maximum atomic E-state index is 13.3. The van der Waals surface area contributed by atoms with Gasteiger partial charge in [0.15, 0.2) is 0 Å². The van der Waals surface area contributed by atoms with Crippen molar-refractivity contribution >= 4 is 29.1 Å². The first-order valence-corrected chi connectivity index (χ1v) is 11.7. The standard InChI is InChI=1S/C25H29N5O4/c1-14-12-17(15(14)2)21(29-22(31)20-6-9-26-30(20)3)23(32)27-16-4-5-18-19(13-16)28-24(33)25(18)7-10-34-11-8-25/h4-6,9,13-15H,7-8,10-12H2,1-3H3,(H,27,32)(H,28,33)(H,29,31). The van der Waals surface area contributed by atoms with E-state index in [4.69, 9.17) is 4.74 Å². The first-order chi connectivity index (χ1) is 16.3. The van der Waals surface area contributed by atoms with Crippen LogP contribution in [0.15, 0.2) is 41.7 Å². The van der Waals surface area contributed by atoms with Crippen LogP contribution in [0.5, 0.6) is 0 Å². The van der Waals surface area contributed by atoms with Crippen molar-refractivity contribution in [1.82, 2.24) is 15.1 Å². The largest absolute Gasteiger partial charge is 0.381 e. The average Bonchev–Trinajstić information content (AvgIpc) is 3.37. The van der Waals surface area contributed by atoms with Crippen molar-refractivity contribution in [3.8, 4) is 0 Å². The van der Waals surface area contributed by atoms with Crippen LogP contribution in [-0.4, -0.2) is 40.7 Å². The van der Waals surface area contributed by atoms with Gasteiger partial charge in [0.1, 0.15) is 11.4 Å². The Hall–Kier alpha value is -3.46. The van der Waals surface area contributed by atoms with Crippen LogP contribution in [0.2, 0.25) is 0 Å². The van der Waals surface area contributed by atoms with Gasteiger partial charge < -0.3 is 20.7 Å². The fourth-order valence-electron chi connectivity index (χ4n) is 5.20. The summed E-state index contributed by atoms with van der Waals surface area (Å²) >= 11 is 0. The first-order valence-electron chi connectivity index (χ1n) is 11.7. The lowest BCUT2D eigenvalue weighted by Crippen LogP contribution is -2.39. The molecule has 1 aromatic carbocycles. The molecule has 1 saturated carbocycles. The summed E-state index contributed by atoms with van der Waals surface area (Å²) in [6.07, 6.45) is 3.58. The second-order valence-corrected chi connectivity index (χ2v) is 9.53. The molecule has 2 aromatic rings. The number of amides is 3. The van der Waals surface area contributed by atoms with Crippen molar-refractivity contribution in [2.24, 2.45) is 18.9 Å². The fourth-order valence-corrected chi connectivity index (χ4v) is 5.20. The summed E-state index contributed by atoms with van der Waals surface area (Å²) in [6.45, 7) is 5.29. The van der Waals surface area contributed by atoms with Crippen LogP contribution in [-0.2, 0) is 26.8 Å². The Kier molecular flexibility index (Phi) is 5.51. The number of nitrogens with zero attached hydrogens (tertiary/aromatic N) is 2. The first kappa shape index (κ1) is 22.3. The fraction of sp³-hybridized carbons (Fsp3) is 0.440. The van der Waals surface area contributed by atoms with E-state index in [9.17, 15) is 14.4 Å². The number of hydrogen-bond acceptors (Lipinski definition) is 5. The van der Waals surface area contributed by atoms with E-state index in [0.29, 0.717) is 49.0 Å². The zero-order valence-corrected chi connectivity index (χ0v) is 19.6. The van der Waals surface area contributed by atoms with Gasteiger partial charge >= 0.3 is 0 Å². The number of aryl methyl sites for hydroxylation is 1. The molecule has 5 rings (SSSR count). The summed E-state index contributed by atoms with van der Waals surface area (Å²) in [4.78, 5) is 39.0. The second kappa shape index (κ2) is 8.39. The summed E-state index contributed by atoms with van der Waals surface area (Å²) in [7, 11) is 1.68. The summed E-state index contributed by atoms with van der Waals surface area (Å²) < 4.78 is 6.93. The van der Waals surface area contributed by atoms with Gasteiger partial charge in [-0.2, -0.15) is 5.10 Å². The zero-order chi connectivity index (χ0) is 24.0. The van der Waals surface area contributed by atoms with Crippen molar-refractivity contribution in [3.05, 3.63) is 53.0 Å². The quantitative estimate of drug-likeness (QED) is 0.604. The normalized spacial score (nSPS) is 24.1. The molecule has 3 heterocycles. The zero-order valence-electron chi connectivity index (χ0n) is 19.6. The molecule has 34 heavy (non-hydrogen) atoms. The third kappa shape index (κ3) is 3.60. The van der Waals surface area contributed by atoms with Crippen molar-refractivity contribution in [3.63, 3.8) is 0 Å². The van der Waals surface area contributed by atoms with Gasteiger partial charge in [0.2, 0.25) is 5.91 Å². The minimum Gasteiger partial charge on any atom is -0.381 e. The molecule has 2 unspecified atom stereocenters. The number of carbonyl (C=O) groups excluding carboxylic acids is 3. The van der Waals surface area contributed by atoms with Gasteiger partial charge in [0, 0.05) is 37.8 Å². The van der Waals surface area contributed by atoms with Crippen LogP contribution in [0, 0.1) is 11.8 Å². The SMILES string of the molecule is CC1CC(=C(NC(=O)c2ccnn2C)C(=O)Nc2ccc3c(c2)NC(=O)C32CCOCC2)C1C. The van der Waals surface area contributed by atoms with E-state index >= 15 is 0 Å². The van der Waals surface area contributed by atoms with Crippen LogP contribution < -0.4 is 16.0 Å². The lowest BCUT2D eigenvalue weighted by molar-refractivity contribution is -0.124. The number of aromatic nitrogens is 2. The summed E-state index contributed by atoms with van der Waals surface area (Å²) in [5.74, 6) is -0.142. The summed E-state index contributed by atoms with van der Waals surface area (Å²) in [6, 6.07) is 7.11. The minimum atomic E-state index is -0.558. The van der Waals surface area contributed by atoms with Crippen LogP contribution in [0.4, 0.5) is 11.4 Å². The molecule has 178 valence electrons. The van der Waals surface area contributed by atoms with Crippen LogP contribution in [0.3, 0.4) is 0 Å². The number of nitrogens with one attached hydrogen (secondary N) is 3. The van der Waals surface area contributed by atoms with Crippen molar-refractivity contribution < 1.29 is 19.1 Å². The van der Waals surface area contributed by atoms with Gasteiger partial charge in [-0.1, -0.05) is 19.9 Å². The van der Waals surface area contributed by atoms with Gasteiger partial charge in [-0.05, 0) is 60.4 Å². The Balaban J connectivity index is 1.39. The molecule has 2 fully saturated rings. The molecular formula is C25H29N5O4. The molecule has 3 aliphatic rings. The number of carbonyl (C=O) groups is 3. The topological polar surface area (TPSA) is 114 Å². The van der Waals surface area contributed by atoms with Gasteiger partial charge in [-0.25, -0.2) is 0 Å². The Morgan fingerprint density at radius 2 is 1.97 bits per heavy atom. The highest BCUT2D eigenvalue weighted by atomic mass is 16.5. The Labute approximate surface area is 197 Å². The molecule has 1 aromatic heterocycles. The predicted octanol–water partition coefficient (Wildman–Crippen LogP) is 2.72. The average molecular weight is 464 g/mol. The third-order valence-electron chi connectivity index (χ3n) is 7.61. The minimum absolute atomic E-state index is 0.0159. The Morgan fingerprint density at radius 1 is 1.21 bits per heavy atom. The lowest BCUT2D eigenvalue weighted by Gasteiger charge is -2.36. The molecule has 0 radical (unpaired) electrons. The molecular weight excluding hydrogens is 434 g/mol. The molecule has 2 aliphatic heterocycles. The number of hydrogen-bond donors (Lipinski definition) is 3. The molecule has 0 bridgehead atoms. The summed E-state index contributed by atoms with van der Waals surface area (Å²) in [5, 5.41) is 12.8. The van der Waals surface area contributed by atoms with Crippen LogP contribution in [0.1, 0.15) is 49.2 Å². The van der Waals surface area contributed by atoms with Crippen LogP contribution in [0.25, 0.3) is 0 Å². The molecule has 1 aliphatic carbocycles. The molecule has 3 amide bonds. The van der Waals surface area contributed by atoms with Gasteiger partial charge in [-0.15, -0.1) is 0 Å². The Morgan fingerprint density at radius 3 is 2.62 bits per heavy atom. The van der Waals surface area contributed by atoms with Crippen LogP contribution >= 0.6 is 0 Å².